The van der Waals surface area contributed by atoms with Crippen molar-refractivity contribution in [2.45, 2.75) is 55.4 Å². The molecule has 4 aromatic carbocycles. The van der Waals surface area contributed by atoms with E-state index in [0.717, 1.165) is 0 Å². The van der Waals surface area contributed by atoms with Crippen molar-refractivity contribution in [3.8, 4) is 0 Å². The Kier molecular flexibility index (Phi) is 11.5. The predicted octanol–water partition coefficient (Wildman–Crippen LogP) is 1.56. The molecule has 160 valence electrons. The Morgan fingerprint density at radius 1 is 0.600 bits per heavy atom. The number of hydrogen-bond acceptors (Lipinski definition) is 0. The van der Waals surface area contributed by atoms with Crippen molar-refractivity contribution in [3.05, 3.63) is 80.9 Å². The Balaban J connectivity index is 0.000000488. The number of hydrogen-bond donors (Lipinski definition) is 0. The van der Waals surface area contributed by atoms with Gasteiger partial charge in [-0.05, 0) is 13.8 Å². The molecule has 0 fully saturated rings. The quantitative estimate of drug-likeness (QED) is 0.268. The van der Waals surface area contributed by atoms with Crippen molar-refractivity contribution in [3.63, 3.8) is 0 Å². The molecule has 0 bridgehead atoms. The first-order valence-electron chi connectivity index (χ1n) is 9.84. The van der Waals surface area contributed by atoms with Gasteiger partial charge < -0.3 is 24.8 Å². The molecule has 0 N–H and O–H groups in total. The van der Waals surface area contributed by atoms with E-state index >= 15 is 0 Å². The number of fused-ring (bicyclic) bond motifs is 2. The standard InChI is InChI=1S/2C13H15.CH2.2ClH.Ti/c2*1-8-6-5-7-12-10(3)9(2)11(4)13(8)12;;;;/h2*5-7H,1-4H3;1H2;2*1H;/q2*-1;;;;+2/p-2. The third-order valence-electron chi connectivity index (χ3n) is 6.35. The van der Waals surface area contributed by atoms with Gasteiger partial charge in [0.15, 0.2) is 0 Å². The van der Waals surface area contributed by atoms with Crippen LogP contribution in [0.2, 0.25) is 0 Å². The number of rotatable bonds is 0. The van der Waals surface area contributed by atoms with Crippen molar-refractivity contribution < 1.29 is 44.8 Å². The van der Waals surface area contributed by atoms with Gasteiger partial charge in [0.05, 0.1) is 0 Å². The second-order valence-electron chi connectivity index (χ2n) is 7.74. The van der Waals surface area contributed by atoms with Crippen LogP contribution < -0.4 is 24.8 Å². The molecule has 0 amide bonds. The molecule has 0 radical (unpaired) electrons. The van der Waals surface area contributed by atoms with E-state index in [9.17, 15) is 0 Å². The third kappa shape index (κ3) is 5.17. The normalized spacial score (nSPS) is 9.80. The molecule has 0 saturated carbocycles. The molecule has 0 atom stereocenters. The molecule has 4 aromatic rings. The number of aryl methyl sites for hydroxylation is 6. The maximum absolute atomic E-state index is 3.25. The molecule has 0 nitrogen and oxygen atoms in total. The van der Waals surface area contributed by atoms with Crippen molar-refractivity contribution >= 4 is 26.4 Å². The van der Waals surface area contributed by atoms with E-state index in [1.807, 2.05) is 0 Å². The van der Waals surface area contributed by atoms with E-state index in [4.69, 9.17) is 0 Å². The first-order chi connectivity index (χ1) is 13.3. The summed E-state index contributed by atoms with van der Waals surface area (Å²) >= 11 is 1.75. The monoisotopic (exact) mass is 474 g/mol. The minimum absolute atomic E-state index is 0. The Morgan fingerprint density at radius 2 is 0.900 bits per heavy atom. The van der Waals surface area contributed by atoms with Crippen LogP contribution in [0.3, 0.4) is 0 Å². The second-order valence-corrected chi connectivity index (χ2v) is 7.74. The van der Waals surface area contributed by atoms with Gasteiger partial charge in [0.1, 0.15) is 0 Å². The van der Waals surface area contributed by atoms with Crippen LogP contribution in [-0.4, -0.2) is 4.82 Å². The molecular formula is C27H32Cl2Ti-2. The van der Waals surface area contributed by atoms with E-state index in [-0.39, 0.29) is 24.8 Å². The summed E-state index contributed by atoms with van der Waals surface area (Å²) in [6.45, 7) is 17.7. The number of benzene rings is 2. The van der Waals surface area contributed by atoms with E-state index in [0.29, 0.717) is 0 Å². The summed E-state index contributed by atoms with van der Waals surface area (Å²) in [7, 11) is 0. The fourth-order valence-corrected chi connectivity index (χ4v) is 4.30. The molecule has 0 aromatic heterocycles. The van der Waals surface area contributed by atoms with Crippen LogP contribution in [0, 0.1) is 55.4 Å². The van der Waals surface area contributed by atoms with Crippen LogP contribution in [-0.2, 0) is 20.0 Å². The van der Waals surface area contributed by atoms with E-state index in [1.165, 1.54) is 66.1 Å². The second kappa shape index (κ2) is 12.0. The summed E-state index contributed by atoms with van der Waals surface area (Å²) in [6, 6.07) is 13.1. The molecule has 0 saturated heterocycles. The van der Waals surface area contributed by atoms with E-state index in [1.54, 1.807) is 20.0 Å². The number of halogens is 2. The van der Waals surface area contributed by atoms with Gasteiger partial charge in [-0.3, -0.25) is 0 Å². The molecule has 0 aliphatic carbocycles. The van der Waals surface area contributed by atoms with Crippen molar-refractivity contribution in [2.75, 3.05) is 0 Å². The summed E-state index contributed by atoms with van der Waals surface area (Å²) in [5.74, 6) is 0. The molecule has 3 heteroatoms. The molecule has 0 unspecified atom stereocenters. The first-order valence-corrected chi connectivity index (χ1v) is 10.9. The van der Waals surface area contributed by atoms with Crippen LogP contribution in [0.4, 0.5) is 0 Å². The molecule has 0 aliphatic heterocycles. The largest absolute Gasteiger partial charge is 1.00 e. The summed E-state index contributed by atoms with van der Waals surface area (Å²) in [5, 5.41) is 5.76. The smallest absolute Gasteiger partial charge is 1.00 e. The fourth-order valence-electron chi connectivity index (χ4n) is 4.30. The van der Waals surface area contributed by atoms with E-state index in [2.05, 4.69) is 96.6 Å². The SMILES string of the molecule is Cc1cccc2c1c(C)c(C)[c-]2C.Cc1cccc2c1c(C)c(C)[c-]2C.[CH2]=[Ti+2].[Cl-].[Cl-]. The summed E-state index contributed by atoms with van der Waals surface area (Å²) in [5.41, 5.74) is 11.5. The van der Waals surface area contributed by atoms with Crippen molar-refractivity contribution in [2.24, 2.45) is 0 Å². The van der Waals surface area contributed by atoms with Gasteiger partial charge >= 0.3 is 24.8 Å². The van der Waals surface area contributed by atoms with Gasteiger partial charge in [-0.25, -0.2) is 0 Å². The molecule has 0 heterocycles. The van der Waals surface area contributed by atoms with Crippen LogP contribution in [0.15, 0.2) is 36.4 Å². The first kappa shape index (κ1) is 28.8. The minimum Gasteiger partial charge on any atom is -1.00 e. The van der Waals surface area contributed by atoms with Crippen LogP contribution in [0.1, 0.15) is 44.5 Å². The van der Waals surface area contributed by atoms with Crippen LogP contribution in [0.5, 0.6) is 0 Å². The fraction of sp³-hybridized carbons (Fsp3) is 0.296. The zero-order chi connectivity index (χ0) is 21.2. The molecule has 30 heavy (non-hydrogen) atoms. The van der Waals surface area contributed by atoms with Gasteiger partial charge in [-0.2, -0.15) is 11.1 Å². The molecule has 4 rings (SSSR count). The zero-order valence-corrected chi connectivity index (χ0v) is 22.5. The Hall–Kier alpha value is -1.18. The van der Waals surface area contributed by atoms with E-state index < -0.39 is 0 Å². The zero-order valence-electron chi connectivity index (χ0n) is 19.4. The van der Waals surface area contributed by atoms with Gasteiger partial charge in [0.25, 0.3) is 0 Å². The average Bonchev–Trinajstić information content (AvgIpc) is 3.06. The van der Waals surface area contributed by atoms with Crippen molar-refractivity contribution in [1.29, 1.82) is 0 Å². The Labute approximate surface area is 206 Å². The molecular weight excluding hydrogens is 443 g/mol. The summed E-state index contributed by atoms with van der Waals surface area (Å²) < 4.78 is 0. The maximum Gasteiger partial charge on any atom is -1.00 e. The molecule has 0 spiro atoms. The minimum atomic E-state index is 0. The van der Waals surface area contributed by atoms with Crippen LogP contribution in [0.25, 0.3) is 21.5 Å². The van der Waals surface area contributed by atoms with Gasteiger partial charge in [0.2, 0.25) is 0 Å². The summed E-state index contributed by atoms with van der Waals surface area (Å²) in [4.78, 5) is 3.25. The van der Waals surface area contributed by atoms with Gasteiger partial charge in [0, 0.05) is 0 Å². The van der Waals surface area contributed by atoms with Gasteiger partial charge in [-0.1, -0.05) is 64.8 Å². The average molecular weight is 475 g/mol. The van der Waals surface area contributed by atoms with Crippen molar-refractivity contribution in [1.82, 2.24) is 0 Å². The topological polar surface area (TPSA) is 0 Å². The Morgan fingerprint density at radius 3 is 1.17 bits per heavy atom. The summed E-state index contributed by atoms with van der Waals surface area (Å²) in [6.07, 6.45) is 0. The van der Waals surface area contributed by atoms with Gasteiger partial charge in [-0.15, -0.1) is 68.1 Å². The van der Waals surface area contributed by atoms with Crippen LogP contribution >= 0.6 is 0 Å². The third-order valence-corrected chi connectivity index (χ3v) is 6.35. The maximum atomic E-state index is 3.25. The Bertz CT molecular complexity index is 1040. The predicted molar refractivity (Wildman–Crippen MR) is 124 cm³/mol. The molecule has 0 aliphatic rings.